The molecule has 80 valence electrons. The molecule has 1 amide bonds. The molecule has 1 saturated heterocycles. The first kappa shape index (κ1) is 10.1. The van der Waals surface area contributed by atoms with Gasteiger partial charge < -0.3 is 9.64 Å². The molecule has 0 spiro atoms. The third-order valence-electron chi connectivity index (χ3n) is 2.56. The summed E-state index contributed by atoms with van der Waals surface area (Å²) in [5, 5.41) is 0. The molecule has 2 heterocycles. The van der Waals surface area contributed by atoms with E-state index in [0.717, 1.165) is 0 Å². The molecule has 4 heteroatoms. The topological polar surface area (TPSA) is 42.4 Å². The Morgan fingerprint density at radius 2 is 2.27 bits per heavy atom. The van der Waals surface area contributed by atoms with E-state index in [4.69, 9.17) is 4.74 Å². The van der Waals surface area contributed by atoms with E-state index in [1.165, 1.54) is 0 Å². The first-order valence-corrected chi connectivity index (χ1v) is 5.08. The maximum atomic E-state index is 12.1. The molecule has 1 aromatic rings. The van der Waals surface area contributed by atoms with Crippen LogP contribution in [0.1, 0.15) is 17.3 Å². The van der Waals surface area contributed by atoms with E-state index in [1.54, 1.807) is 24.5 Å². The van der Waals surface area contributed by atoms with Gasteiger partial charge in [0.2, 0.25) is 0 Å². The maximum Gasteiger partial charge on any atom is 0.254 e. The van der Waals surface area contributed by atoms with Gasteiger partial charge in [-0.15, -0.1) is 0 Å². The van der Waals surface area contributed by atoms with Gasteiger partial charge in [-0.2, -0.15) is 0 Å². The van der Waals surface area contributed by atoms with E-state index in [9.17, 15) is 4.79 Å². The van der Waals surface area contributed by atoms with Crippen LogP contribution in [0.2, 0.25) is 0 Å². The molecule has 1 atom stereocenters. The molecule has 0 saturated carbocycles. The lowest BCUT2D eigenvalue weighted by atomic mass is 10.2. The monoisotopic (exact) mass is 206 g/mol. The van der Waals surface area contributed by atoms with Crippen molar-refractivity contribution >= 4 is 5.91 Å². The fraction of sp³-hybridized carbons (Fsp3) is 0.455. The summed E-state index contributed by atoms with van der Waals surface area (Å²) in [6.45, 7) is 3.92. The second-order valence-electron chi connectivity index (χ2n) is 3.66. The number of pyridine rings is 1. The first-order chi connectivity index (χ1) is 7.29. The standard InChI is InChI=1S/C11H14N2O2/c1-9-8-15-7-6-13(9)11(14)10-2-4-12-5-3-10/h2-5,9H,6-8H2,1H3. The highest BCUT2D eigenvalue weighted by Crippen LogP contribution is 2.11. The first-order valence-electron chi connectivity index (χ1n) is 5.08. The van der Waals surface area contributed by atoms with Gasteiger partial charge in [-0.3, -0.25) is 9.78 Å². The number of aromatic nitrogens is 1. The zero-order valence-corrected chi connectivity index (χ0v) is 8.72. The Labute approximate surface area is 88.9 Å². The lowest BCUT2D eigenvalue weighted by Gasteiger charge is -2.33. The largest absolute Gasteiger partial charge is 0.377 e. The van der Waals surface area contributed by atoms with Crippen molar-refractivity contribution in [2.24, 2.45) is 0 Å². The number of ether oxygens (including phenoxy) is 1. The number of nitrogens with zero attached hydrogens (tertiary/aromatic N) is 2. The quantitative estimate of drug-likeness (QED) is 0.686. The van der Waals surface area contributed by atoms with Gasteiger partial charge in [-0.05, 0) is 19.1 Å². The van der Waals surface area contributed by atoms with Crippen molar-refractivity contribution in [2.75, 3.05) is 19.8 Å². The van der Waals surface area contributed by atoms with Gasteiger partial charge in [-0.1, -0.05) is 0 Å². The number of carbonyl (C=O) groups excluding carboxylic acids is 1. The zero-order chi connectivity index (χ0) is 10.7. The molecule has 15 heavy (non-hydrogen) atoms. The van der Waals surface area contributed by atoms with E-state index in [1.807, 2.05) is 11.8 Å². The Balaban J connectivity index is 2.13. The molecule has 4 nitrogen and oxygen atoms in total. The van der Waals surface area contributed by atoms with Crippen molar-refractivity contribution in [1.29, 1.82) is 0 Å². The van der Waals surface area contributed by atoms with Crippen molar-refractivity contribution in [1.82, 2.24) is 9.88 Å². The van der Waals surface area contributed by atoms with Gasteiger partial charge in [0.15, 0.2) is 0 Å². The fourth-order valence-corrected chi connectivity index (χ4v) is 1.69. The number of morpholine rings is 1. The lowest BCUT2D eigenvalue weighted by molar-refractivity contribution is 0.00359. The van der Waals surface area contributed by atoms with Crippen molar-refractivity contribution < 1.29 is 9.53 Å². The molecule has 1 unspecified atom stereocenters. The SMILES string of the molecule is CC1COCCN1C(=O)c1ccncc1. The average molecular weight is 206 g/mol. The molecule has 0 bridgehead atoms. The summed E-state index contributed by atoms with van der Waals surface area (Å²) in [6, 6.07) is 3.63. The van der Waals surface area contributed by atoms with Crippen LogP contribution >= 0.6 is 0 Å². The van der Waals surface area contributed by atoms with Gasteiger partial charge in [0.25, 0.3) is 5.91 Å². The summed E-state index contributed by atoms with van der Waals surface area (Å²) in [7, 11) is 0. The van der Waals surface area contributed by atoms with Gasteiger partial charge in [0.05, 0.1) is 19.3 Å². The number of rotatable bonds is 1. The second-order valence-corrected chi connectivity index (χ2v) is 3.66. The molecular weight excluding hydrogens is 192 g/mol. The molecule has 1 aromatic heterocycles. The summed E-state index contributed by atoms with van der Waals surface area (Å²) < 4.78 is 5.29. The van der Waals surface area contributed by atoms with Crippen LogP contribution in [0.15, 0.2) is 24.5 Å². The highest BCUT2D eigenvalue weighted by molar-refractivity contribution is 5.94. The molecule has 0 N–H and O–H groups in total. The number of hydrogen-bond acceptors (Lipinski definition) is 3. The smallest absolute Gasteiger partial charge is 0.254 e. The summed E-state index contributed by atoms with van der Waals surface area (Å²) in [6.07, 6.45) is 3.27. The van der Waals surface area contributed by atoms with Crippen LogP contribution in [0.25, 0.3) is 0 Å². The number of carbonyl (C=O) groups is 1. The summed E-state index contributed by atoms with van der Waals surface area (Å²) in [5.74, 6) is 0.0631. The Morgan fingerprint density at radius 3 is 2.93 bits per heavy atom. The minimum atomic E-state index is 0.0631. The normalized spacial score (nSPS) is 21.4. The Kier molecular flexibility index (Phi) is 2.97. The lowest BCUT2D eigenvalue weighted by Crippen LogP contribution is -2.47. The third kappa shape index (κ3) is 2.15. The fourth-order valence-electron chi connectivity index (χ4n) is 1.69. The van der Waals surface area contributed by atoms with Crippen LogP contribution in [0, 0.1) is 0 Å². The van der Waals surface area contributed by atoms with Crippen LogP contribution in [0.4, 0.5) is 0 Å². The maximum absolute atomic E-state index is 12.1. The van der Waals surface area contributed by atoms with Crippen molar-refractivity contribution in [2.45, 2.75) is 13.0 Å². The molecule has 1 fully saturated rings. The minimum Gasteiger partial charge on any atom is -0.377 e. The molecular formula is C11H14N2O2. The summed E-state index contributed by atoms with van der Waals surface area (Å²) in [4.78, 5) is 17.8. The van der Waals surface area contributed by atoms with E-state index in [0.29, 0.717) is 25.3 Å². The highest BCUT2D eigenvalue weighted by Gasteiger charge is 2.24. The van der Waals surface area contributed by atoms with Gasteiger partial charge in [-0.25, -0.2) is 0 Å². The van der Waals surface area contributed by atoms with Crippen molar-refractivity contribution in [3.63, 3.8) is 0 Å². The van der Waals surface area contributed by atoms with Gasteiger partial charge in [0.1, 0.15) is 0 Å². The minimum absolute atomic E-state index is 0.0631. The predicted molar refractivity (Wildman–Crippen MR) is 55.6 cm³/mol. The van der Waals surface area contributed by atoms with E-state index in [2.05, 4.69) is 4.98 Å². The Bertz CT molecular complexity index is 340. The van der Waals surface area contributed by atoms with E-state index < -0.39 is 0 Å². The van der Waals surface area contributed by atoms with E-state index in [-0.39, 0.29) is 11.9 Å². The molecule has 1 aliphatic rings. The summed E-state index contributed by atoms with van der Waals surface area (Å²) >= 11 is 0. The molecule has 0 radical (unpaired) electrons. The summed E-state index contributed by atoms with van der Waals surface area (Å²) in [5.41, 5.74) is 0.693. The average Bonchev–Trinajstić information content (AvgIpc) is 2.30. The molecule has 0 aromatic carbocycles. The van der Waals surface area contributed by atoms with Crippen molar-refractivity contribution in [3.05, 3.63) is 30.1 Å². The van der Waals surface area contributed by atoms with Crippen LogP contribution < -0.4 is 0 Å². The van der Waals surface area contributed by atoms with Crippen LogP contribution in [0.3, 0.4) is 0 Å². The highest BCUT2D eigenvalue weighted by atomic mass is 16.5. The Hall–Kier alpha value is -1.42. The van der Waals surface area contributed by atoms with Crippen LogP contribution in [-0.2, 0) is 4.74 Å². The third-order valence-corrected chi connectivity index (χ3v) is 2.56. The van der Waals surface area contributed by atoms with Crippen molar-refractivity contribution in [3.8, 4) is 0 Å². The van der Waals surface area contributed by atoms with Crippen LogP contribution in [-0.4, -0.2) is 41.6 Å². The van der Waals surface area contributed by atoms with E-state index >= 15 is 0 Å². The molecule has 1 aliphatic heterocycles. The predicted octanol–water partition coefficient (Wildman–Crippen LogP) is 0.942. The zero-order valence-electron chi connectivity index (χ0n) is 8.72. The molecule has 0 aliphatic carbocycles. The Morgan fingerprint density at radius 1 is 1.53 bits per heavy atom. The van der Waals surface area contributed by atoms with Gasteiger partial charge in [0, 0.05) is 24.5 Å². The second kappa shape index (κ2) is 4.40. The molecule has 2 rings (SSSR count). The number of amides is 1. The van der Waals surface area contributed by atoms with Gasteiger partial charge >= 0.3 is 0 Å². The number of hydrogen-bond donors (Lipinski definition) is 0. The van der Waals surface area contributed by atoms with Crippen LogP contribution in [0.5, 0.6) is 0 Å².